The molecule has 0 aliphatic carbocycles. The molecule has 104 valence electrons. The van der Waals surface area contributed by atoms with Gasteiger partial charge in [0.05, 0.1) is 11.1 Å². The molecule has 1 aliphatic rings. The molecule has 5 nitrogen and oxygen atoms in total. The lowest BCUT2D eigenvalue weighted by Gasteiger charge is -2.17. The van der Waals surface area contributed by atoms with Crippen molar-refractivity contribution in [2.75, 3.05) is 13.1 Å². The predicted molar refractivity (Wildman–Crippen MR) is 72.8 cm³/mol. The highest BCUT2D eigenvalue weighted by atomic mass is 16.4. The Morgan fingerprint density at radius 3 is 2.10 bits per heavy atom. The minimum atomic E-state index is -1.15. The number of carboxylic acids is 2. The first-order valence-electron chi connectivity index (χ1n) is 6.40. The molecule has 20 heavy (non-hydrogen) atoms. The number of aromatic carboxylic acids is 2. The molecule has 0 radical (unpaired) electrons. The summed E-state index contributed by atoms with van der Waals surface area (Å²) in [5.74, 6) is 3.96. The maximum Gasteiger partial charge on any atom is 0.335 e. The summed E-state index contributed by atoms with van der Waals surface area (Å²) in [6.07, 6.45) is 1.91. The summed E-state index contributed by atoms with van der Waals surface area (Å²) in [5.41, 5.74) is 0.319. The Balaban J connectivity index is 2.28. The number of hydrogen-bond donors (Lipinski definition) is 3. The summed E-state index contributed by atoms with van der Waals surface area (Å²) in [6, 6.07) is 3.95. The molecule has 3 N–H and O–H groups in total. The number of carbonyl (C=O) groups is 2. The maximum atomic E-state index is 11.0. The first-order chi connectivity index (χ1) is 9.56. The molecule has 1 aromatic rings. The summed E-state index contributed by atoms with van der Waals surface area (Å²) in [6.45, 7) is 1.85. The van der Waals surface area contributed by atoms with E-state index in [4.69, 9.17) is 10.2 Å². The van der Waals surface area contributed by atoms with Gasteiger partial charge in [-0.3, -0.25) is 0 Å². The van der Waals surface area contributed by atoms with Gasteiger partial charge in [0.25, 0.3) is 0 Å². The lowest BCUT2D eigenvalue weighted by molar-refractivity contribution is 0.0696. The van der Waals surface area contributed by atoms with Gasteiger partial charge in [0.1, 0.15) is 0 Å². The van der Waals surface area contributed by atoms with Crippen molar-refractivity contribution in [2.24, 2.45) is 5.92 Å². The van der Waals surface area contributed by atoms with Crippen LogP contribution in [0, 0.1) is 17.8 Å². The van der Waals surface area contributed by atoms with Gasteiger partial charge in [0.15, 0.2) is 0 Å². The summed E-state index contributed by atoms with van der Waals surface area (Å²) in [5, 5.41) is 21.2. The summed E-state index contributed by atoms with van der Waals surface area (Å²) in [4.78, 5) is 22.0. The number of hydrogen-bond acceptors (Lipinski definition) is 3. The van der Waals surface area contributed by atoms with E-state index < -0.39 is 11.9 Å². The molecule has 0 saturated carbocycles. The van der Waals surface area contributed by atoms with Crippen molar-refractivity contribution in [2.45, 2.75) is 12.8 Å². The highest BCUT2D eigenvalue weighted by Crippen LogP contribution is 2.13. The standard InChI is InChI=1S/C15H15NO4/c17-14(18)12-7-11(8-13(9-12)15(19)20)2-1-10-3-5-16-6-4-10/h7-10,16H,3-6H2,(H,17,18)(H,19,20). The Labute approximate surface area is 116 Å². The van der Waals surface area contributed by atoms with Gasteiger partial charge < -0.3 is 15.5 Å². The Kier molecular flexibility index (Phi) is 4.38. The number of carboxylic acid groups (broad SMARTS) is 2. The zero-order valence-electron chi connectivity index (χ0n) is 10.8. The molecule has 1 aliphatic heterocycles. The van der Waals surface area contributed by atoms with Crippen LogP contribution < -0.4 is 5.32 Å². The number of benzene rings is 1. The summed E-state index contributed by atoms with van der Waals surface area (Å²) >= 11 is 0. The lowest BCUT2D eigenvalue weighted by Crippen LogP contribution is -2.26. The Morgan fingerprint density at radius 1 is 1.05 bits per heavy atom. The molecule has 0 atom stereocenters. The van der Waals surface area contributed by atoms with E-state index in [0.29, 0.717) is 5.56 Å². The van der Waals surface area contributed by atoms with Gasteiger partial charge in [-0.1, -0.05) is 11.8 Å². The van der Waals surface area contributed by atoms with E-state index in [2.05, 4.69) is 17.2 Å². The molecular formula is C15H15NO4. The third-order valence-electron chi connectivity index (χ3n) is 3.19. The van der Waals surface area contributed by atoms with Gasteiger partial charge >= 0.3 is 11.9 Å². The molecule has 1 heterocycles. The van der Waals surface area contributed by atoms with Crippen molar-refractivity contribution in [1.82, 2.24) is 5.32 Å². The maximum absolute atomic E-state index is 11.0. The smallest absolute Gasteiger partial charge is 0.335 e. The lowest BCUT2D eigenvalue weighted by atomic mass is 9.98. The second-order valence-corrected chi connectivity index (χ2v) is 4.70. The van der Waals surface area contributed by atoms with E-state index in [1.165, 1.54) is 12.1 Å². The summed E-state index contributed by atoms with van der Waals surface area (Å²) < 4.78 is 0. The zero-order valence-corrected chi connectivity index (χ0v) is 10.8. The highest BCUT2D eigenvalue weighted by molar-refractivity contribution is 5.94. The van der Waals surface area contributed by atoms with Crippen molar-refractivity contribution in [3.8, 4) is 11.8 Å². The van der Waals surface area contributed by atoms with Crippen molar-refractivity contribution >= 4 is 11.9 Å². The molecule has 0 amide bonds. The number of nitrogens with one attached hydrogen (secondary N) is 1. The molecule has 0 bridgehead atoms. The Bertz CT molecular complexity index is 559. The van der Waals surface area contributed by atoms with Crippen molar-refractivity contribution in [3.05, 3.63) is 34.9 Å². The minimum absolute atomic E-state index is 0.0560. The fraction of sp³-hybridized carbons (Fsp3) is 0.333. The molecule has 1 aromatic carbocycles. The second-order valence-electron chi connectivity index (χ2n) is 4.70. The molecule has 0 unspecified atom stereocenters. The molecule has 1 fully saturated rings. The van der Waals surface area contributed by atoms with Crippen LogP contribution in [0.25, 0.3) is 0 Å². The van der Waals surface area contributed by atoms with Gasteiger partial charge in [-0.25, -0.2) is 9.59 Å². The molecule has 1 saturated heterocycles. The first kappa shape index (κ1) is 14.1. The van der Waals surface area contributed by atoms with Crippen LogP contribution in [0.4, 0.5) is 0 Å². The van der Waals surface area contributed by atoms with Crippen molar-refractivity contribution < 1.29 is 19.8 Å². The van der Waals surface area contributed by atoms with Crippen LogP contribution in [0.2, 0.25) is 0 Å². The van der Waals surface area contributed by atoms with E-state index >= 15 is 0 Å². The van der Waals surface area contributed by atoms with Crippen LogP contribution >= 0.6 is 0 Å². The fourth-order valence-corrected chi connectivity index (χ4v) is 2.10. The minimum Gasteiger partial charge on any atom is -0.478 e. The molecule has 2 rings (SSSR count). The van der Waals surface area contributed by atoms with Gasteiger partial charge in [-0.15, -0.1) is 0 Å². The zero-order chi connectivity index (χ0) is 14.5. The number of piperidine rings is 1. The quantitative estimate of drug-likeness (QED) is 0.710. The van der Waals surface area contributed by atoms with Crippen molar-refractivity contribution in [1.29, 1.82) is 0 Å². The van der Waals surface area contributed by atoms with Crippen LogP contribution in [0.5, 0.6) is 0 Å². The van der Waals surface area contributed by atoms with Crippen LogP contribution in [0.3, 0.4) is 0 Å². The molecule has 5 heteroatoms. The van der Waals surface area contributed by atoms with E-state index in [1.54, 1.807) is 0 Å². The average molecular weight is 273 g/mol. The van der Waals surface area contributed by atoms with E-state index in [9.17, 15) is 9.59 Å². The van der Waals surface area contributed by atoms with Crippen LogP contribution in [-0.2, 0) is 0 Å². The fourth-order valence-electron chi connectivity index (χ4n) is 2.10. The first-order valence-corrected chi connectivity index (χ1v) is 6.40. The van der Waals surface area contributed by atoms with Gasteiger partial charge in [-0.05, 0) is 44.1 Å². The van der Waals surface area contributed by atoms with Gasteiger partial charge in [0, 0.05) is 11.5 Å². The van der Waals surface area contributed by atoms with Crippen molar-refractivity contribution in [3.63, 3.8) is 0 Å². The topological polar surface area (TPSA) is 86.6 Å². The van der Waals surface area contributed by atoms with E-state index in [1.807, 2.05) is 0 Å². The van der Waals surface area contributed by atoms with Crippen LogP contribution in [0.1, 0.15) is 39.1 Å². The summed E-state index contributed by atoms with van der Waals surface area (Å²) in [7, 11) is 0. The second kappa shape index (κ2) is 6.22. The van der Waals surface area contributed by atoms with Gasteiger partial charge in [0.2, 0.25) is 0 Å². The van der Waals surface area contributed by atoms with Gasteiger partial charge in [-0.2, -0.15) is 0 Å². The molecular weight excluding hydrogens is 258 g/mol. The molecule has 0 aromatic heterocycles. The average Bonchev–Trinajstić information content (AvgIpc) is 2.45. The monoisotopic (exact) mass is 273 g/mol. The van der Waals surface area contributed by atoms with E-state index in [-0.39, 0.29) is 17.0 Å². The largest absolute Gasteiger partial charge is 0.478 e. The Morgan fingerprint density at radius 2 is 1.60 bits per heavy atom. The van der Waals surface area contributed by atoms with Crippen LogP contribution in [-0.4, -0.2) is 35.2 Å². The molecule has 0 spiro atoms. The van der Waals surface area contributed by atoms with Crippen LogP contribution in [0.15, 0.2) is 18.2 Å². The highest BCUT2D eigenvalue weighted by Gasteiger charge is 2.12. The third-order valence-corrected chi connectivity index (χ3v) is 3.19. The number of rotatable bonds is 2. The SMILES string of the molecule is O=C(O)c1cc(C#CC2CCNCC2)cc(C(=O)O)c1. The Hall–Kier alpha value is -2.32. The third kappa shape index (κ3) is 3.59. The van der Waals surface area contributed by atoms with E-state index in [0.717, 1.165) is 32.0 Å². The predicted octanol–water partition coefficient (Wildman–Crippen LogP) is 1.43. The normalized spacial score (nSPS) is 15.2.